The summed E-state index contributed by atoms with van der Waals surface area (Å²) in [5.74, 6) is -0.337. The number of anilines is 1. The molecule has 0 aliphatic carbocycles. The summed E-state index contributed by atoms with van der Waals surface area (Å²) < 4.78 is 39.8. The predicted octanol–water partition coefficient (Wildman–Crippen LogP) is 4.01. The van der Waals surface area contributed by atoms with Crippen molar-refractivity contribution < 1.29 is 22.7 Å². The highest BCUT2D eigenvalue weighted by Crippen LogP contribution is 2.23. The summed E-state index contributed by atoms with van der Waals surface area (Å²) in [6, 6.07) is 8.43. The van der Waals surface area contributed by atoms with E-state index in [1.165, 1.54) is 12.1 Å². The summed E-state index contributed by atoms with van der Waals surface area (Å²) in [5.41, 5.74) is 0.378. The van der Waals surface area contributed by atoms with E-state index < -0.39 is 12.4 Å². The van der Waals surface area contributed by atoms with E-state index in [1.54, 1.807) is 11.3 Å². The van der Waals surface area contributed by atoms with Crippen LogP contribution in [0.25, 0.3) is 0 Å². The molecule has 118 valence electrons. The first-order valence-corrected chi connectivity index (χ1v) is 7.23. The van der Waals surface area contributed by atoms with Crippen LogP contribution >= 0.6 is 11.3 Å². The van der Waals surface area contributed by atoms with Gasteiger partial charge < -0.3 is 15.4 Å². The van der Waals surface area contributed by atoms with Crippen LogP contribution in [0.3, 0.4) is 0 Å². The van der Waals surface area contributed by atoms with E-state index in [0.717, 1.165) is 23.4 Å². The van der Waals surface area contributed by atoms with Crippen LogP contribution in [-0.4, -0.2) is 18.9 Å². The van der Waals surface area contributed by atoms with Gasteiger partial charge in [-0.15, -0.1) is 24.5 Å². The highest BCUT2D eigenvalue weighted by atomic mass is 32.1. The number of halogens is 3. The Morgan fingerprint density at radius 2 is 1.91 bits per heavy atom. The molecular weight excluding hydrogens is 317 g/mol. The molecule has 1 heterocycles. The van der Waals surface area contributed by atoms with Crippen LogP contribution in [0.1, 0.15) is 4.88 Å². The Morgan fingerprint density at radius 1 is 1.18 bits per heavy atom. The molecule has 0 fully saturated rings. The van der Waals surface area contributed by atoms with Crippen molar-refractivity contribution in [1.82, 2.24) is 5.32 Å². The number of carbonyl (C=O) groups excluding carboxylic acids is 1. The van der Waals surface area contributed by atoms with Crippen LogP contribution in [-0.2, 0) is 6.42 Å². The molecule has 2 N–H and O–H groups in total. The number of carbonyl (C=O) groups is 1. The van der Waals surface area contributed by atoms with Gasteiger partial charge in [0, 0.05) is 17.1 Å². The van der Waals surface area contributed by atoms with Gasteiger partial charge in [0.15, 0.2) is 0 Å². The molecule has 2 rings (SSSR count). The van der Waals surface area contributed by atoms with Crippen molar-refractivity contribution in [2.45, 2.75) is 12.8 Å². The Bertz CT molecular complexity index is 598. The lowest BCUT2D eigenvalue weighted by Crippen LogP contribution is -2.30. The average molecular weight is 330 g/mol. The van der Waals surface area contributed by atoms with Gasteiger partial charge in [0.05, 0.1) is 0 Å². The quantitative estimate of drug-likeness (QED) is 0.870. The highest BCUT2D eigenvalue weighted by molar-refractivity contribution is 7.09. The van der Waals surface area contributed by atoms with Gasteiger partial charge in [-0.05, 0) is 42.1 Å². The summed E-state index contributed by atoms with van der Waals surface area (Å²) in [7, 11) is 0. The fraction of sp³-hybridized carbons (Fsp3) is 0.214. The van der Waals surface area contributed by atoms with Crippen LogP contribution in [0.4, 0.5) is 23.7 Å². The predicted molar refractivity (Wildman–Crippen MR) is 78.2 cm³/mol. The summed E-state index contributed by atoms with van der Waals surface area (Å²) >= 11 is 1.61. The number of thiophene rings is 1. The molecule has 1 aromatic carbocycles. The normalized spacial score (nSPS) is 11.0. The van der Waals surface area contributed by atoms with Crippen LogP contribution < -0.4 is 15.4 Å². The molecule has 0 spiro atoms. The smallest absolute Gasteiger partial charge is 0.406 e. The van der Waals surface area contributed by atoms with Crippen molar-refractivity contribution >= 4 is 23.1 Å². The summed E-state index contributed by atoms with van der Waals surface area (Å²) in [5, 5.41) is 7.15. The zero-order chi connectivity index (χ0) is 16.0. The first-order valence-electron chi connectivity index (χ1n) is 6.35. The number of hydrogen-bond donors (Lipinski definition) is 2. The Morgan fingerprint density at radius 3 is 2.50 bits per heavy atom. The maximum atomic E-state index is 12.0. The van der Waals surface area contributed by atoms with E-state index in [4.69, 9.17) is 0 Å². The molecule has 0 saturated carbocycles. The number of alkyl halides is 3. The number of urea groups is 1. The van der Waals surface area contributed by atoms with Crippen LogP contribution in [0.15, 0.2) is 41.8 Å². The Labute approximate surface area is 128 Å². The van der Waals surface area contributed by atoms with Gasteiger partial charge >= 0.3 is 12.4 Å². The number of nitrogens with one attached hydrogen (secondary N) is 2. The fourth-order valence-corrected chi connectivity index (χ4v) is 2.38. The summed E-state index contributed by atoms with van der Waals surface area (Å²) in [4.78, 5) is 12.8. The van der Waals surface area contributed by atoms with Crippen molar-refractivity contribution in [3.63, 3.8) is 0 Å². The topological polar surface area (TPSA) is 50.4 Å². The largest absolute Gasteiger partial charge is 0.573 e. The lowest BCUT2D eigenvalue weighted by molar-refractivity contribution is -0.274. The maximum Gasteiger partial charge on any atom is 0.573 e. The Balaban J connectivity index is 1.76. The average Bonchev–Trinajstić information content (AvgIpc) is 2.92. The third kappa shape index (κ3) is 5.65. The van der Waals surface area contributed by atoms with Gasteiger partial charge in [0.2, 0.25) is 0 Å². The molecule has 22 heavy (non-hydrogen) atoms. The first kappa shape index (κ1) is 16.2. The second-order valence-corrected chi connectivity index (χ2v) is 5.31. The van der Waals surface area contributed by atoms with Gasteiger partial charge in [-0.1, -0.05) is 6.07 Å². The van der Waals surface area contributed by atoms with Crippen LogP contribution in [0, 0.1) is 0 Å². The second kappa shape index (κ2) is 7.17. The molecule has 0 aliphatic heterocycles. The van der Waals surface area contributed by atoms with Gasteiger partial charge in [-0.25, -0.2) is 4.79 Å². The molecule has 4 nitrogen and oxygen atoms in total. The number of rotatable bonds is 5. The Kier molecular flexibility index (Phi) is 5.26. The lowest BCUT2D eigenvalue weighted by atomic mass is 10.3. The molecule has 2 aromatic rings. The van der Waals surface area contributed by atoms with E-state index in [-0.39, 0.29) is 5.75 Å². The molecule has 0 unspecified atom stereocenters. The van der Waals surface area contributed by atoms with Crippen molar-refractivity contribution in [1.29, 1.82) is 0 Å². The van der Waals surface area contributed by atoms with Crippen molar-refractivity contribution in [2.24, 2.45) is 0 Å². The summed E-state index contributed by atoms with van der Waals surface area (Å²) in [6.07, 6.45) is -4.00. The van der Waals surface area contributed by atoms with Gasteiger partial charge in [-0.2, -0.15) is 0 Å². The third-order valence-corrected chi connectivity index (χ3v) is 3.52. The molecule has 0 aliphatic rings. The maximum absolute atomic E-state index is 12.0. The molecule has 0 radical (unpaired) electrons. The van der Waals surface area contributed by atoms with Gasteiger partial charge in [0.1, 0.15) is 5.75 Å². The van der Waals surface area contributed by atoms with E-state index in [2.05, 4.69) is 15.4 Å². The molecule has 0 bridgehead atoms. The number of hydrogen-bond acceptors (Lipinski definition) is 3. The van der Waals surface area contributed by atoms with Gasteiger partial charge in [-0.3, -0.25) is 0 Å². The SMILES string of the molecule is O=C(NCCc1cccs1)Nc1ccc(OC(F)(F)F)cc1. The molecule has 1 aromatic heterocycles. The first-order chi connectivity index (χ1) is 10.4. The Hall–Kier alpha value is -2.22. The number of benzene rings is 1. The molecule has 0 atom stereocenters. The standard InChI is InChI=1S/C14H13F3N2O2S/c15-14(16,17)21-11-5-3-10(4-6-11)19-13(20)18-8-7-12-2-1-9-22-12/h1-6,9H,7-8H2,(H2,18,19,20). The van der Waals surface area contributed by atoms with E-state index >= 15 is 0 Å². The monoisotopic (exact) mass is 330 g/mol. The van der Waals surface area contributed by atoms with Crippen LogP contribution in [0.5, 0.6) is 5.75 Å². The van der Waals surface area contributed by atoms with Crippen molar-refractivity contribution in [3.05, 3.63) is 46.7 Å². The minimum Gasteiger partial charge on any atom is -0.406 e. The molecule has 8 heteroatoms. The van der Waals surface area contributed by atoms with E-state index in [9.17, 15) is 18.0 Å². The fourth-order valence-electron chi connectivity index (χ4n) is 1.67. The lowest BCUT2D eigenvalue weighted by Gasteiger charge is -2.10. The zero-order valence-corrected chi connectivity index (χ0v) is 12.1. The highest BCUT2D eigenvalue weighted by Gasteiger charge is 2.30. The number of amides is 2. The second-order valence-electron chi connectivity index (χ2n) is 4.28. The van der Waals surface area contributed by atoms with Crippen molar-refractivity contribution in [2.75, 3.05) is 11.9 Å². The van der Waals surface area contributed by atoms with Crippen molar-refractivity contribution in [3.8, 4) is 5.75 Å². The molecule has 2 amide bonds. The van der Waals surface area contributed by atoms with E-state index in [1.807, 2.05) is 17.5 Å². The minimum absolute atomic E-state index is 0.337. The molecule has 0 saturated heterocycles. The van der Waals surface area contributed by atoms with Crippen LogP contribution in [0.2, 0.25) is 0 Å². The van der Waals surface area contributed by atoms with Gasteiger partial charge in [0.25, 0.3) is 0 Å². The third-order valence-electron chi connectivity index (χ3n) is 2.58. The summed E-state index contributed by atoms with van der Waals surface area (Å²) in [6.45, 7) is 0.474. The zero-order valence-electron chi connectivity index (χ0n) is 11.3. The number of ether oxygens (including phenoxy) is 1. The van der Waals surface area contributed by atoms with E-state index in [0.29, 0.717) is 12.2 Å². The molecular formula is C14H13F3N2O2S. The minimum atomic E-state index is -4.73.